The molecule has 5 nitrogen and oxygen atoms in total. The van der Waals surface area contributed by atoms with Crippen LogP contribution in [0.2, 0.25) is 0 Å². The molecule has 5 heteroatoms. The molecule has 82 valence electrons. The van der Waals surface area contributed by atoms with Gasteiger partial charge in [0.05, 0.1) is 24.4 Å². The van der Waals surface area contributed by atoms with E-state index in [4.69, 9.17) is 14.3 Å². The fraction of sp³-hybridized carbons (Fsp3) is 0.0909. The predicted octanol–water partition coefficient (Wildman–Crippen LogP) is 2.05. The van der Waals surface area contributed by atoms with E-state index in [2.05, 4.69) is 4.98 Å². The van der Waals surface area contributed by atoms with Crippen LogP contribution in [0.3, 0.4) is 0 Å². The largest absolute Gasteiger partial charge is 0.496 e. The van der Waals surface area contributed by atoms with Crippen molar-refractivity contribution in [2.45, 2.75) is 0 Å². The van der Waals surface area contributed by atoms with E-state index >= 15 is 0 Å². The standard InChI is InChI=1S/C11H9NO4/c1-15-9-4-7(11(13)14)2-3-8(9)10-5-12-6-16-10/h2-6H,1H3,(H,13,14). The van der Waals surface area contributed by atoms with Gasteiger partial charge in [-0.15, -0.1) is 0 Å². The minimum atomic E-state index is -0.998. The molecule has 1 aromatic carbocycles. The summed E-state index contributed by atoms with van der Waals surface area (Å²) >= 11 is 0. The number of methoxy groups -OCH3 is 1. The number of aromatic nitrogens is 1. The van der Waals surface area contributed by atoms with Gasteiger partial charge >= 0.3 is 5.97 Å². The topological polar surface area (TPSA) is 72.6 Å². The van der Waals surface area contributed by atoms with Crippen molar-refractivity contribution in [2.24, 2.45) is 0 Å². The number of benzene rings is 1. The van der Waals surface area contributed by atoms with Crippen LogP contribution in [0.1, 0.15) is 10.4 Å². The van der Waals surface area contributed by atoms with Crippen LogP contribution in [0.5, 0.6) is 5.75 Å². The van der Waals surface area contributed by atoms with Gasteiger partial charge in [-0.25, -0.2) is 9.78 Å². The third-order valence-corrected chi connectivity index (χ3v) is 2.15. The lowest BCUT2D eigenvalue weighted by atomic mass is 10.1. The molecule has 2 rings (SSSR count). The van der Waals surface area contributed by atoms with Gasteiger partial charge in [0.1, 0.15) is 5.75 Å². The molecule has 0 bridgehead atoms. The van der Waals surface area contributed by atoms with Crippen LogP contribution in [0.15, 0.2) is 35.2 Å². The highest BCUT2D eigenvalue weighted by Gasteiger charge is 2.12. The van der Waals surface area contributed by atoms with E-state index in [1.165, 1.54) is 31.8 Å². The maximum Gasteiger partial charge on any atom is 0.335 e. The molecule has 1 heterocycles. The summed E-state index contributed by atoms with van der Waals surface area (Å²) in [7, 11) is 1.47. The molecule has 1 N–H and O–H groups in total. The predicted molar refractivity (Wildman–Crippen MR) is 55.5 cm³/mol. The van der Waals surface area contributed by atoms with Gasteiger partial charge in [0, 0.05) is 0 Å². The van der Waals surface area contributed by atoms with Gasteiger partial charge in [-0.2, -0.15) is 0 Å². The minimum Gasteiger partial charge on any atom is -0.496 e. The second kappa shape index (κ2) is 4.06. The number of carbonyl (C=O) groups is 1. The quantitative estimate of drug-likeness (QED) is 0.855. The molecule has 16 heavy (non-hydrogen) atoms. The molecule has 0 aliphatic rings. The van der Waals surface area contributed by atoms with E-state index < -0.39 is 5.97 Å². The Kier molecular flexibility index (Phi) is 2.59. The zero-order valence-corrected chi connectivity index (χ0v) is 8.51. The van der Waals surface area contributed by atoms with Crippen molar-refractivity contribution >= 4 is 5.97 Å². The number of ether oxygens (including phenoxy) is 1. The van der Waals surface area contributed by atoms with Crippen LogP contribution < -0.4 is 4.74 Å². The molecule has 0 unspecified atom stereocenters. The Morgan fingerprint density at radius 1 is 1.50 bits per heavy atom. The summed E-state index contributed by atoms with van der Waals surface area (Å²) in [5, 5.41) is 8.83. The molecule has 0 aliphatic carbocycles. The molecule has 2 aromatic rings. The summed E-state index contributed by atoms with van der Waals surface area (Å²) in [6, 6.07) is 4.56. The van der Waals surface area contributed by atoms with Crippen LogP contribution in [-0.2, 0) is 0 Å². The first-order valence-corrected chi connectivity index (χ1v) is 4.52. The van der Waals surface area contributed by atoms with Crippen LogP contribution in [-0.4, -0.2) is 23.2 Å². The summed E-state index contributed by atoms with van der Waals surface area (Å²) < 4.78 is 10.2. The van der Waals surface area contributed by atoms with E-state index in [-0.39, 0.29) is 5.56 Å². The highest BCUT2D eigenvalue weighted by molar-refractivity contribution is 5.89. The maximum atomic E-state index is 10.8. The Morgan fingerprint density at radius 3 is 2.88 bits per heavy atom. The zero-order valence-electron chi connectivity index (χ0n) is 8.51. The SMILES string of the molecule is COc1cc(C(=O)O)ccc1-c1cnco1. The summed E-state index contributed by atoms with van der Waals surface area (Å²) in [4.78, 5) is 14.6. The summed E-state index contributed by atoms with van der Waals surface area (Å²) in [6.07, 6.45) is 2.85. The Labute approximate surface area is 91.3 Å². The van der Waals surface area contributed by atoms with Crippen molar-refractivity contribution < 1.29 is 19.1 Å². The van der Waals surface area contributed by atoms with Gasteiger partial charge in [0.25, 0.3) is 0 Å². The first-order valence-electron chi connectivity index (χ1n) is 4.52. The summed E-state index contributed by atoms with van der Waals surface area (Å²) in [5.74, 6) is -0.0205. The van der Waals surface area contributed by atoms with Gasteiger partial charge in [-0.3, -0.25) is 0 Å². The average Bonchev–Trinajstić information content (AvgIpc) is 2.81. The van der Waals surface area contributed by atoms with Crippen molar-refractivity contribution in [3.8, 4) is 17.1 Å². The Bertz CT molecular complexity index is 505. The Hall–Kier alpha value is -2.30. The fourth-order valence-corrected chi connectivity index (χ4v) is 1.38. The van der Waals surface area contributed by atoms with E-state index in [0.717, 1.165) is 0 Å². The Balaban J connectivity index is 2.51. The third kappa shape index (κ3) is 1.75. The fourth-order valence-electron chi connectivity index (χ4n) is 1.38. The maximum absolute atomic E-state index is 10.8. The van der Waals surface area contributed by atoms with E-state index in [1.807, 2.05) is 0 Å². The number of carboxylic acid groups (broad SMARTS) is 1. The lowest BCUT2D eigenvalue weighted by molar-refractivity contribution is 0.0696. The second-order valence-corrected chi connectivity index (χ2v) is 3.09. The smallest absolute Gasteiger partial charge is 0.335 e. The summed E-state index contributed by atoms with van der Waals surface area (Å²) in [5.41, 5.74) is 0.838. The molecule has 0 fully saturated rings. The van der Waals surface area contributed by atoms with Crippen molar-refractivity contribution in [1.29, 1.82) is 0 Å². The highest BCUT2D eigenvalue weighted by atomic mass is 16.5. The van der Waals surface area contributed by atoms with Gasteiger partial charge in [0.15, 0.2) is 12.2 Å². The van der Waals surface area contributed by atoms with Crippen molar-refractivity contribution in [1.82, 2.24) is 4.98 Å². The number of hydrogen-bond donors (Lipinski definition) is 1. The van der Waals surface area contributed by atoms with Crippen LogP contribution >= 0.6 is 0 Å². The number of aromatic carboxylic acids is 1. The molecule has 0 aliphatic heterocycles. The van der Waals surface area contributed by atoms with Gasteiger partial charge in [-0.05, 0) is 18.2 Å². The van der Waals surface area contributed by atoms with Crippen molar-refractivity contribution in [2.75, 3.05) is 7.11 Å². The molecule has 0 radical (unpaired) electrons. The average molecular weight is 219 g/mol. The Morgan fingerprint density at radius 2 is 2.31 bits per heavy atom. The molecular weight excluding hydrogens is 210 g/mol. The number of carboxylic acids is 1. The molecular formula is C11H9NO4. The third-order valence-electron chi connectivity index (χ3n) is 2.15. The normalized spacial score (nSPS) is 10.1. The zero-order chi connectivity index (χ0) is 11.5. The molecule has 0 spiro atoms. The van der Waals surface area contributed by atoms with Gasteiger partial charge < -0.3 is 14.3 Å². The van der Waals surface area contributed by atoms with Crippen molar-refractivity contribution in [3.63, 3.8) is 0 Å². The number of hydrogen-bond acceptors (Lipinski definition) is 4. The van der Waals surface area contributed by atoms with Crippen molar-refractivity contribution in [3.05, 3.63) is 36.4 Å². The molecule has 1 aromatic heterocycles. The van der Waals surface area contributed by atoms with Gasteiger partial charge in [0.2, 0.25) is 0 Å². The molecule has 0 saturated heterocycles. The molecule has 0 atom stereocenters. The first kappa shape index (κ1) is 10.2. The lowest BCUT2D eigenvalue weighted by Crippen LogP contribution is -1.97. The first-order chi connectivity index (χ1) is 7.72. The lowest BCUT2D eigenvalue weighted by Gasteiger charge is -2.06. The van der Waals surface area contributed by atoms with Gasteiger partial charge in [-0.1, -0.05) is 0 Å². The highest BCUT2D eigenvalue weighted by Crippen LogP contribution is 2.30. The van der Waals surface area contributed by atoms with E-state index in [9.17, 15) is 4.79 Å². The van der Waals surface area contributed by atoms with Crippen LogP contribution in [0.25, 0.3) is 11.3 Å². The molecule has 0 amide bonds. The second-order valence-electron chi connectivity index (χ2n) is 3.09. The summed E-state index contributed by atoms with van der Waals surface area (Å²) in [6.45, 7) is 0. The molecule has 0 saturated carbocycles. The van der Waals surface area contributed by atoms with Crippen LogP contribution in [0, 0.1) is 0 Å². The number of nitrogens with zero attached hydrogens (tertiary/aromatic N) is 1. The minimum absolute atomic E-state index is 0.167. The number of rotatable bonds is 3. The van der Waals surface area contributed by atoms with E-state index in [1.54, 1.807) is 6.07 Å². The number of oxazole rings is 1. The monoisotopic (exact) mass is 219 g/mol. The van der Waals surface area contributed by atoms with E-state index in [0.29, 0.717) is 17.1 Å². The van der Waals surface area contributed by atoms with Crippen LogP contribution in [0.4, 0.5) is 0 Å².